The van der Waals surface area contributed by atoms with E-state index in [-0.39, 0.29) is 23.9 Å². The highest BCUT2D eigenvalue weighted by atomic mass is 32.2. The van der Waals surface area contributed by atoms with Crippen LogP contribution in [0.3, 0.4) is 0 Å². The van der Waals surface area contributed by atoms with Crippen molar-refractivity contribution < 1.29 is 19.5 Å². The molecule has 0 spiro atoms. The topological polar surface area (TPSA) is 127 Å². The number of nitrogens with zero attached hydrogens (tertiary/aromatic N) is 2. The van der Waals surface area contributed by atoms with Gasteiger partial charge in [0.05, 0.1) is 11.9 Å². The standard InChI is InChI=1S/C29H35N5O4S/c1-18-10-8-9-13-21(18)16-30-27(37)25-29(3,4)39-17-34(25)28(38)24(35)22(15-20-11-6-5-7-12-20)31-26(36)23-14-19(2)32-33-23/h5-14,22,24-25,35H,15-17H2,1-4H3,(H,30,37)(H,31,36)(H,32,33)/t22-,24-,25?/m0/s1. The summed E-state index contributed by atoms with van der Waals surface area (Å²) < 4.78 is -0.573. The molecule has 39 heavy (non-hydrogen) atoms. The monoisotopic (exact) mass is 549 g/mol. The number of carbonyl (C=O) groups is 3. The Morgan fingerprint density at radius 3 is 2.49 bits per heavy atom. The highest BCUT2D eigenvalue weighted by Crippen LogP contribution is 2.40. The Labute approximate surface area is 232 Å². The third-order valence-electron chi connectivity index (χ3n) is 6.98. The highest BCUT2D eigenvalue weighted by Gasteiger charge is 2.49. The first kappa shape index (κ1) is 28.4. The quantitative estimate of drug-likeness (QED) is 0.325. The average molecular weight is 550 g/mol. The number of carbonyl (C=O) groups excluding carboxylic acids is 3. The molecule has 10 heteroatoms. The van der Waals surface area contributed by atoms with Crippen LogP contribution in [0.5, 0.6) is 0 Å². The van der Waals surface area contributed by atoms with E-state index in [0.717, 1.165) is 16.7 Å². The Kier molecular flexibility index (Phi) is 8.76. The number of thioether (sulfide) groups is 1. The van der Waals surface area contributed by atoms with Gasteiger partial charge >= 0.3 is 0 Å². The van der Waals surface area contributed by atoms with Crippen LogP contribution in [0.2, 0.25) is 0 Å². The van der Waals surface area contributed by atoms with Crippen molar-refractivity contribution in [3.63, 3.8) is 0 Å². The summed E-state index contributed by atoms with van der Waals surface area (Å²) in [6, 6.07) is 17.0. The molecule has 3 atom stereocenters. The molecule has 1 saturated heterocycles. The largest absolute Gasteiger partial charge is 0.381 e. The van der Waals surface area contributed by atoms with Gasteiger partial charge in [-0.2, -0.15) is 5.10 Å². The maximum absolute atomic E-state index is 13.7. The van der Waals surface area contributed by atoms with Gasteiger partial charge in [-0.1, -0.05) is 54.6 Å². The van der Waals surface area contributed by atoms with E-state index in [1.165, 1.54) is 16.7 Å². The lowest BCUT2D eigenvalue weighted by molar-refractivity contribution is -0.147. The predicted molar refractivity (Wildman–Crippen MR) is 151 cm³/mol. The fourth-order valence-corrected chi connectivity index (χ4v) is 5.87. The van der Waals surface area contributed by atoms with E-state index in [0.29, 0.717) is 12.2 Å². The lowest BCUT2D eigenvalue weighted by atomic mass is 9.97. The number of H-pyrrole nitrogens is 1. The summed E-state index contributed by atoms with van der Waals surface area (Å²) in [5, 5.41) is 23.8. The normalized spacial score (nSPS) is 17.9. The molecule has 9 nitrogen and oxygen atoms in total. The van der Waals surface area contributed by atoms with Crippen molar-refractivity contribution in [3.8, 4) is 0 Å². The Morgan fingerprint density at radius 2 is 1.82 bits per heavy atom. The summed E-state index contributed by atoms with van der Waals surface area (Å²) in [6.07, 6.45) is -1.35. The summed E-state index contributed by atoms with van der Waals surface area (Å²) >= 11 is 1.48. The van der Waals surface area contributed by atoms with Crippen molar-refractivity contribution in [2.75, 3.05) is 5.88 Å². The van der Waals surface area contributed by atoms with Crippen LogP contribution in [0, 0.1) is 13.8 Å². The first-order chi connectivity index (χ1) is 18.6. The molecule has 0 saturated carbocycles. The van der Waals surface area contributed by atoms with Gasteiger partial charge in [0.15, 0.2) is 6.10 Å². The molecule has 1 unspecified atom stereocenters. The molecule has 1 aromatic heterocycles. The molecule has 3 amide bonds. The van der Waals surface area contributed by atoms with E-state index >= 15 is 0 Å². The van der Waals surface area contributed by atoms with E-state index in [4.69, 9.17) is 0 Å². The van der Waals surface area contributed by atoms with Crippen molar-refractivity contribution in [3.05, 3.63) is 88.7 Å². The third kappa shape index (κ3) is 6.69. The molecule has 0 bridgehead atoms. The van der Waals surface area contributed by atoms with Crippen molar-refractivity contribution in [1.82, 2.24) is 25.7 Å². The Hall–Kier alpha value is -3.63. The molecule has 3 aromatic rings. The molecule has 1 aliphatic rings. The number of rotatable bonds is 9. The van der Waals surface area contributed by atoms with Gasteiger partial charge in [-0.25, -0.2) is 0 Å². The van der Waals surface area contributed by atoms with Crippen molar-refractivity contribution in [1.29, 1.82) is 0 Å². The summed E-state index contributed by atoms with van der Waals surface area (Å²) in [5.41, 5.74) is 3.78. The molecule has 2 aromatic carbocycles. The van der Waals surface area contributed by atoms with Crippen LogP contribution in [-0.2, 0) is 22.6 Å². The summed E-state index contributed by atoms with van der Waals surface area (Å²) in [5.74, 6) is -1.15. The van der Waals surface area contributed by atoms with Crippen LogP contribution in [-0.4, -0.2) is 66.7 Å². The smallest absolute Gasteiger partial charge is 0.272 e. The Bertz CT molecular complexity index is 1330. The average Bonchev–Trinajstić information content (AvgIpc) is 3.49. The van der Waals surface area contributed by atoms with E-state index in [1.54, 1.807) is 13.0 Å². The number of amides is 3. The molecular weight excluding hydrogens is 514 g/mol. The molecule has 2 heterocycles. The maximum Gasteiger partial charge on any atom is 0.272 e. The van der Waals surface area contributed by atoms with Crippen LogP contribution in [0.15, 0.2) is 60.7 Å². The number of aryl methyl sites for hydroxylation is 2. The number of nitrogens with one attached hydrogen (secondary N) is 3. The highest BCUT2D eigenvalue weighted by molar-refractivity contribution is 8.00. The molecule has 4 rings (SSSR count). The number of benzene rings is 2. The fourth-order valence-electron chi connectivity index (χ4n) is 4.73. The van der Waals surface area contributed by atoms with E-state index in [2.05, 4.69) is 20.8 Å². The summed E-state index contributed by atoms with van der Waals surface area (Å²) in [7, 11) is 0. The van der Waals surface area contributed by atoms with Gasteiger partial charge in [0.25, 0.3) is 11.8 Å². The number of aliphatic hydroxyl groups is 1. The molecule has 1 aliphatic heterocycles. The fraction of sp³-hybridized carbons (Fsp3) is 0.379. The molecule has 206 valence electrons. The van der Waals surface area contributed by atoms with E-state index in [9.17, 15) is 19.5 Å². The second-order valence-corrected chi connectivity index (χ2v) is 12.0. The number of aliphatic hydroxyl groups excluding tert-OH is 1. The zero-order chi connectivity index (χ0) is 28.2. The minimum Gasteiger partial charge on any atom is -0.381 e. The summed E-state index contributed by atoms with van der Waals surface area (Å²) in [6.45, 7) is 7.93. The van der Waals surface area contributed by atoms with Crippen molar-refractivity contribution >= 4 is 29.5 Å². The van der Waals surface area contributed by atoms with Crippen LogP contribution in [0.1, 0.15) is 46.7 Å². The molecule has 4 N–H and O–H groups in total. The van der Waals surface area contributed by atoms with Gasteiger partial charge < -0.3 is 20.6 Å². The SMILES string of the molecule is Cc1cc(C(=O)N[C@@H](Cc2ccccc2)[C@H](O)C(=O)N2CSC(C)(C)C2C(=O)NCc2ccccc2C)n[nH]1. The number of aromatic amines is 1. The number of aromatic nitrogens is 2. The molecule has 0 aliphatic carbocycles. The van der Waals surface area contributed by atoms with Gasteiger partial charge in [-0.3, -0.25) is 19.5 Å². The van der Waals surface area contributed by atoms with Crippen LogP contribution in [0.4, 0.5) is 0 Å². The Morgan fingerprint density at radius 1 is 1.13 bits per heavy atom. The third-order valence-corrected chi connectivity index (χ3v) is 8.35. The van der Waals surface area contributed by atoms with Crippen LogP contribution < -0.4 is 10.6 Å². The Balaban J connectivity index is 1.53. The van der Waals surface area contributed by atoms with Crippen molar-refractivity contribution in [2.45, 2.75) is 63.6 Å². The van der Waals surface area contributed by atoms with Gasteiger partial charge in [0, 0.05) is 17.0 Å². The molecule has 1 fully saturated rings. The second kappa shape index (κ2) is 12.0. The number of hydrogen-bond acceptors (Lipinski definition) is 6. The van der Waals surface area contributed by atoms with E-state index < -0.39 is 34.7 Å². The van der Waals surface area contributed by atoms with Gasteiger partial charge in [0.1, 0.15) is 11.7 Å². The van der Waals surface area contributed by atoms with Crippen LogP contribution >= 0.6 is 11.8 Å². The molecule has 0 radical (unpaired) electrons. The van der Waals surface area contributed by atoms with Crippen molar-refractivity contribution in [2.24, 2.45) is 0 Å². The minimum atomic E-state index is -1.57. The lowest BCUT2D eigenvalue weighted by Crippen LogP contribution is -2.58. The first-order valence-corrected chi connectivity index (χ1v) is 13.9. The minimum absolute atomic E-state index is 0.163. The maximum atomic E-state index is 13.7. The zero-order valence-electron chi connectivity index (χ0n) is 22.6. The van der Waals surface area contributed by atoms with Crippen LogP contribution in [0.25, 0.3) is 0 Å². The van der Waals surface area contributed by atoms with Gasteiger partial charge in [0.2, 0.25) is 5.91 Å². The van der Waals surface area contributed by atoms with Gasteiger partial charge in [-0.05, 0) is 56.9 Å². The molecular formula is C29H35N5O4S. The lowest BCUT2D eigenvalue weighted by Gasteiger charge is -2.33. The number of hydrogen-bond donors (Lipinski definition) is 4. The van der Waals surface area contributed by atoms with E-state index in [1.807, 2.05) is 75.4 Å². The predicted octanol–water partition coefficient (Wildman–Crippen LogP) is 2.73. The first-order valence-electron chi connectivity index (χ1n) is 12.9. The summed E-state index contributed by atoms with van der Waals surface area (Å²) in [4.78, 5) is 41.5. The van der Waals surface area contributed by atoms with Gasteiger partial charge in [-0.15, -0.1) is 11.8 Å². The zero-order valence-corrected chi connectivity index (χ0v) is 23.4. The second-order valence-electron chi connectivity index (χ2n) is 10.4.